The molecule has 0 saturated carbocycles. The molecular formula is C15H20N4O3. The quantitative estimate of drug-likeness (QED) is 0.851. The first-order chi connectivity index (χ1) is 10.6. The molecule has 0 spiro atoms. The monoisotopic (exact) mass is 304 g/mol. The normalized spacial score (nSPS) is 21.7. The van der Waals surface area contributed by atoms with Crippen LogP contribution in [0.3, 0.4) is 0 Å². The number of aromatic nitrogens is 1. The van der Waals surface area contributed by atoms with Gasteiger partial charge in [0, 0.05) is 38.6 Å². The number of imide groups is 1. The van der Waals surface area contributed by atoms with Crippen molar-refractivity contribution in [1.82, 2.24) is 15.2 Å². The van der Waals surface area contributed by atoms with Gasteiger partial charge in [-0.25, -0.2) is 14.7 Å². The molecular weight excluding hydrogens is 284 g/mol. The summed E-state index contributed by atoms with van der Waals surface area (Å²) in [5.41, 5.74) is 1.15. The summed E-state index contributed by atoms with van der Waals surface area (Å²) in [6.45, 7) is 5.79. The zero-order valence-electron chi connectivity index (χ0n) is 12.6. The van der Waals surface area contributed by atoms with Gasteiger partial charge < -0.3 is 15.3 Å². The van der Waals surface area contributed by atoms with E-state index in [9.17, 15) is 14.7 Å². The lowest BCUT2D eigenvalue weighted by atomic mass is 9.92. The number of hydrogen-bond acceptors (Lipinski definition) is 5. The number of nitrogens with zero attached hydrogens (tertiary/aromatic N) is 3. The highest BCUT2D eigenvalue weighted by Crippen LogP contribution is 2.31. The number of rotatable bonds is 2. The van der Waals surface area contributed by atoms with Gasteiger partial charge in [0.25, 0.3) is 5.91 Å². The maximum absolute atomic E-state index is 12.3. The number of nitrogens with one attached hydrogen (secondary N) is 1. The fourth-order valence-corrected chi connectivity index (χ4v) is 3.05. The fourth-order valence-electron chi connectivity index (χ4n) is 3.05. The minimum atomic E-state index is -1.19. The molecule has 1 aromatic rings. The summed E-state index contributed by atoms with van der Waals surface area (Å²) >= 11 is 0. The van der Waals surface area contributed by atoms with E-state index in [1.54, 1.807) is 6.07 Å². The van der Waals surface area contributed by atoms with Crippen molar-refractivity contribution in [3.8, 4) is 0 Å². The van der Waals surface area contributed by atoms with Gasteiger partial charge >= 0.3 is 6.09 Å². The van der Waals surface area contributed by atoms with Crippen LogP contribution < -0.4 is 10.2 Å². The van der Waals surface area contributed by atoms with Crippen LogP contribution in [0.5, 0.6) is 0 Å². The number of amides is 2. The zero-order chi connectivity index (χ0) is 15.7. The number of pyridine rings is 1. The zero-order valence-corrected chi connectivity index (χ0v) is 12.6. The van der Waals surface area contributed by atoms with Gasteiger partial charge in [0.15, 0.2) is 0 Å². The first kappa shape index (κ1) is 14.8. The molecule has 0 radical (unpaired) electrons. The van der Waals surface area contributed by atoms with Crippen LogP contribution in [0.1, 0.15) is 35.3 Å². The standard InChI is InChI=1S/C15H20N4O3/c1-2-10-9-19(15(21)22)14(20)11-3-4-12(17-13(10)11)18-7-5-16-6-8-18/h3-4,10,16H,2,5-9H2,1H3,(H,21,22). The first-order valence-electron chi connectivity index (χ1n) is 7.63. The molecule has 0 aliphatic carbocycles. The van der Waals surface area contributed by atoms with Crippen LogP contribution >= 0.6 is 0 Å². The van der Waals surface area contributed by atoms with Crippen LogP contribution in [-0.2, 0) is 0 Å². The number of hydrogen-bond donors (Lipinski definition) is 2. The summed E-state index contributed by atoms with van der Waals surface area (Å²) in [4.78, 5) is 31.3. The van der Waals surface area contributed by atoms with E-state index >= 15 is 0 Å². The van der Waals surface area contributed by atoms with E-state index in [2.05, 4.69) is 10.2 Å². The second-order valence-electron chi connectivity index (χ2n) is 5.64. The average molecular weight is 304 g/mol. The highest BCUT2D eigenvalue weighted by molar-refractivity contribution is 6.04. The summed E-state index contributed by atoms with van der Waals surface area (Å²) < 4.78 is 0. The number of anilines is 1. The molecule has 22 heavy (non-hydrogen) atoms. The third kappa shape index (κ3) is 2.52. The molecule has 3 heterocycles. The highest BCUT2D eigenvalue weighted by Gasteiger charge is 2.35. The molecule has 1 atom stereocenters. The Kier molecular flexibility index (Phi) is 3.98. The van der Waals surface area contributed by atoms with E-state index in [0.717, 1.165) is 49.0 Å². The van der Waals surface area contributed by atoms with E-state index in [1.807, 2.05) is 13.0 Å². The maximum atomic E-state index is 12.3. The summed E-state index contributed by atoms with van der Waals surface area (Å²) in [6, 6.07) is 3.54. The first-order valence-corrected chi connectivity index (χ1v) is 7.63. The molecule has 2 aliphatic rings. The van der Waals surface area contributed by atoms with E-state index in [-0.39, 0.29) is 12.5 Å². The fraction of sp³-hybridized carbons (Fsp3) is 0.533. The Bertz CT molecular complexity index is 598. The molecule has 1 saturated heterocycles. The van der Waals surface area contributed by atoms with E-state index < -0.39 is 12.0 Å². The summed E-state index contributed by atoms with van der Waals surface area (Å²) in [5.74, 6) is 0.369. The Morgan fingerprint density at radius 1 is 1.41 bits per heavy atom. The lowest BCUT2D eigenvalue weighted by molar-refractivity contribution is 0.0705. The second kappa shape index (κ2) is 5.92. The van der Waals surface area contributed by atoms with Crippen LogP contribution in [0.25, 0.3) is 0 Å². The predicted octanol–water partition coefficient (Wildman–Crippen LogP) is 1.12. The van der Waals surface area contributed by atoms with Gasteiger partial charge in [0.05, 0.1) is 11.3 Å². The molecule has 1 aromatic heterocycles. The second-order valence-corrected chi connectivity index (χ2v) is 5.64. The molecule has 118 valence electrons. The third-order valence-corrected chi connectivity index (χ3v) is 4.34. The van der Waals surface area contributed by atoms with Crippen molar-refractivity contribution in [3.05, 3.63) is 23.4 Å². The number of carbonyl (C=O) groups is 2. The third-order valence-electron chi connectivity index (χ3n) is 4.34. The SMILES string of the molecule is CCC1CN(C(=O)O)C(=O)c2ccc(N3CCNCC3)nc21. The van der Waals surface area contributed by atoms with Crippen molar-refractivity contribution in [1.29, 1.82) is 0 Å². The molecule has 7 heteroatoms. The minimum absolute atomic E-state index is 0.0355. The van der Waals surface area contributed by atoms with Crippen molar-refractivity contribution in [3.63, 3.8) is 0 Å². The molecule has 2 N–H and O–H groups in total. The largest absolute Gasteiger partial charge is 0.465 e. The van der Waals surface area contributed by atoms with Crippen molar-refractivity contribution in [2.45, 2.75) is 19.3 Å². The van der Waals surface area contributed by atoms with Gasteiger partial charge in [-0.15, -0.1) is 0 Å². The highest BCUT2D eigenvalue weighted by atomic mass is 16.4. The Balaban J connectivity index is 1.96. The van der Waals surface area contributed by atoms with Gasteiger partial charge in [-0.1, -0.05) is 6.92 Å². The van der Waals surface area contributed by atoms with Crippen molar-refractivity contribution in [2.24, 2.45) is 0 Å². The maximum Gasteiger partial charge on any atom is 0.414 e. The van der Waals surface area contributed by atoms with Crippen LogP contribution in [0.4, 0.5) is 10.6 Å². The van der Waals surface area contributed by atoms with Gasteiger partial charge in [0.1, 0.15) is 5.82 Å². The topological polar surface area (TPSA) is 85.8 Å². The molecule has 2 amide bonds. The minimum Gasteiger partial charge on any atom is -0.465 e. The Hall–Kier alpha value is -2.15. The average Bonchev–Trinajstić information content (AvgIpc) is 2.55. The lowest BCUT2D eigenvalue weighted by Crippen LogP contribution is -2.45. The van der Waals surface area contributed by atoms with Crippen molar-refractivity contribution in [2.75, 3.05) is 37.6 Å². The van der Waals surface area contributed by atoms with Gasteiger partial charge in [0.2, 0.25) is 0 Å². The molecule has 2 aliphatic heterocycles. The summed E-state index contributed by atoms with van der Waals surface area (Å²) in [7, 11) is 0. The smallest absolute Gasteiger partial charge is 0.414 e. The molecule has 3 rings (SSSR count). The number of fused-ring (bicyclic) bond motifs is 1. The summed E-state index contributed by atoms with van der Waals surface area (Å²) in [5, 5.41) is 12.5. The van der Waals surface area contributed by atoms with Crippen LogP contribution in [-0.4, -0.2) is 59.7 Å². The molecule has 7 nitrogen and oxygen atoms in total. The van der Waals surface area contributed by atoms with Gasteiger partial charge in [-0.05, 0) is 18.6 Å². The molecule has 1 fully saturated rings. The van der Waals surface area contributed by atoms with E-state index in [1.165, 1.54) is 0 Å². The Morgan fingerprint density at radius 2 is 2.14 bits per heavy atom. The predicted molar refractivity (Wildman–Crippen MR) is 81.4 cm³/mol. The molecule has 1 unspecified atom stereocenters. The van der Waals surface area contributed by atoms with Gasteiger partial charge in [-0.2, -0.15) is 0 Å². The number of carbonyl (C=O) groups excluding carboxylic acids is 1. The Labute approximate surface area is 128 Å². The van der Waals surface area contributed by atoms with Crippen LogP contribution in [0.2, 0.25) is 0 Å². The molecule has 0 aromatic carbocycles. The van der Waals surface area contributed by atoms with Gasteiger partial charge in [-0.3, -0.25) is 4.79 Å². The lowest BCUT2D eigenvalue weighted by Gasteiger charge is -2.33. The number of piperazine rings is 1. The van der Waals surface area contributed by atoms with E-state index in [4.69, 9.17) is 4.98 Å². The molecule has 0 bridgehead atoms. The van der Waals surface area contributed by atoms with Crippen LogP contribution in [0.15, 0.2) is 12.1 Å². The van der Waals surface area contributed by atoms with Crippen molar-refractivity contribution >= 4 is 17.8 Å². The van der Waals surface area contributed by atoms with E-state index in [0.29, 0.717) is 5.56 Å². The summed E-state index contributed by atoms with van der Waals surface area (Å²) in [6.07, 6.45) is -0.442. The van der Waals surface area contributed by atoms with Crippen LogP contribution in [0, 0.1) is 0 Å². The number of carboxylic acid groups (broad SMARTS) is 1. The van der Waals surface area contributed by atoms with Crippen molar-refractivity contribution < 1.29 is 14.7 Å². The Morgan fingerprint density at radius 3 is 2.77 bits per heavy atom.